The van der Waals surface area contributed by atoms with Crippen molar-refractivity contribution in [3.05, 3.63) is 0 Å². The Morgan fingerprint density at radius 2 is 1.94 bits per heavy atom. The molecule has 0 spiro atoms. The first-order valence-electron chi connectivity index (χ1n) is 6.95. The van der Waals surface area contributed by atoms with Gasteiger partial charge >= 0.3 is 0 Å². The van der Waals surface area contributed by atoms with Gasteiger partial charge in [0.2, 0.25) is 5.91 Å². The standard InChI is InChI=1S/C13H22N2O2/c16-13(15-6-1-2-7-15)11-4-3-5-14(8-11)9-12-10-17-12/h11-12H,1-10H2/t11-,12-/m1/s1. The summed E-state index contributed by atoms with van der Waals surface area (Å²) in [6, 6.07) is 0. The Morgan fingerprint density at radius 3 is 2.65 bits per heavy atom. The van der Waals surface area contributed by atoms with Crippen LogP contribution in [0.25, 0.3) is 0 Å². The summed E-state index contributed by atoms with van der Waals surface area (Å²) in [6.07, 6.45) is 5.08. The molecular formula is C13H22N2O2. The van der Waals surface area contributed by atoms with Crippen LogP contribution >= 0.6 is 0 Å². The molecule has 3 fully saturated rings. The molecule has 3 saturated heterocycles. The number of carbonyl (C=O) groups is 1. The Morgan fingerprint density at radius 1 is 1.18 bits per heavy atom. The van der Waals surface area contributed by atoms with Crippen LogP contribution in [0, 0.1) is 5.92 Å². The minimum atomic E-state index is 0.251. The first kappa shape index (κ1) is 11.5. The molecule has 0 radical (unpaired) electrons. The zero-order chi connectivity index (χ0) is 11.7. The Balaban J connectivity index is 1.52. The van der Waals surface area contributed by atoms with E-state index in [4.69, 9.17) is 4.74 Å². The Labute approximate surface area is 103 Å². The van der Waals surface area contributed by atoms with Crippen LogP contribution in [-0.2, 0) is 9.53 Å². The molecule has 4 heteroatoms. The van der Waals surface area contributed by atoms with Crippen molar-refractivity contribution in [1.29, 1.82) is 0 Å². The molecule has 0 bridgehead atoms. The number of piperidine rings is 1. The molecule has 3 aliphatic heterocycles. The Kier molecular flexibility index (Phi) is 3.34. The molecule has 0 N–H and O–H groups in total. The van der Waals surface area contributed by atoms with E-state index in [1.807, 2.05) is 0 Å². The fourth-order valence-electron chi connectivity index (χ4n) is 3.08. The maximum atomic E-state index is 12.3. The first-order valence-corrected chi connectivity index (χ1v) is 6.95. The van der Waals surface area contributed by atoms with Gasteiger partial charge in [0.05, 0.1) is 18.6 Å². The van der Waals surface area contributed by atoms with Crippen LogP contribution in [0.1, 0.15) is 25.7 Å². The average molecular weight is 238 g/mol. The molecule has 4 nitrogen and oxygen atoms in total. The third kappa shape index (κ3) is 2.80. The van der Waals surface area contributed by atoms with E-state index in [0.29, 0.717) is 12.0 Å². The molecule has 0 saturated carbocycles. The molecule has 0 aromatic heterocycles. The van der Waals surface area contributed by atoms with Crippen molar-refractivity contribution in [2.75, 3.05) is 39.3 Å². The van der Waals surface area contributed by atoms with Gasteiger partial charge in [-0.05, 0) is 32.2 Å². The molecular weight excluding hydrogens is 216 g/mol. The lowest BCUT2D eigenvalue weighted by molar-refractivity contribution is -0.136. The van der Waals surface area contributed by atoms with Gasteiger partial charge in [-0.1, -0.05) is 0 Å². The summed E-state index contributed by atoms with van der Waals surface area (Å²) in [5.74, 6) is 0.657. The summed E-state index contributed by atoms with van der Waals surface area (Å²) in [7, 11) is 0. The predicted molar refractivity (Wildman–Crippen MR) is 64.7 cm³/mol. The first-order chi connectivity index (χ1) is 8.33. The Hall–Kier alpha value is -0.610. The van der Waals surface area contributed by atoms with E-state index in [2.05, 4.69) is 9.80 Å². The number of nitrogens with zero attached hydrogens (tertiary/aromatic N) is 2. The van der Waals surface area contributed by atoms with Gasteiger partial charge in [-0.25, -0.2) is 0 Å². The summed E-state index contributed by atoms with van der Waals surface area (Å²) in [6.45, 7) is 6.02. The number of ether oxygens (including phenoxy) is 1. The van der Waals surface area contributed by atoms with Crippen LogP contribution in [0.5, 0.6) is 0 Å². The van der Waals surface area contributed by atoms with Gasteiger partial charge in [0.15, 0.2) is 0 Å². The summed E-state index contributed by atoms with van der Waals surface area (Å²) < 4.78 is 5.27. The van der Waals surface area contributed by atoms with Gasteiger partial charge in [0.1, 0.15) is 0 Å². The van der Waals surface area contributed by atoms with Crippen LogP contribution in [0.2, 0.25) is 0 Å². The van der Waals surface area contributed by atoms with E-state index in [-0.39, 0.29) is 5.92 Å². The zero-order valence-electron chi connectivity index (χ0n) is 10.4. The van der Waals surface area contributed by atoms with E-state index in [1.54, 1.807) is 0 Å². The van der Waals surface area contributed by atoms with Crippen LogP contribution in [0.3, 0.4) is 0 Å². The van der Waals surface area contributed by atoms with Crippen molar-refractivity contribution in [3.8, 4) is 0 Å². The van der Waals surface area contributed by atoms with Gasteiger partial charge in [-0.3, -0.25) is 9.69 Å². The van der Waals surface area contributed by atoms with E-state index < -0.39 is 0 Å². The topological polar surface area (TPSA) is 36.1 Å². The molecule has 0 aromatic rings. The summed E-state index contributed by atoms with van der Waals surface area (Å²) in [5, 5.41) is 0. The maximum absolute atomic E-state index is 12.3. The highest BCUT2D eigenvalue weighted by Crippen LogP contribution is 2.23. The van der Waals surface area contributed by atoms with E-state index in [0.717, 1.165) is 52.2 Å². The number of amides is 1. The van der Waals surface area contributed by atoms with Crippen molar-refractivity contribution in [2.24, 2.45) is 5.92 Å². The normalized spacial score (nSPS) is 34.0. The second-order valence-electron chi connectivity index (χ2n) is 5.59. The van der Waals surface area contributed by atoms with Gasteiger partial charge in [-0.15, -0.1) is 0 Å². The number of hydrogen-bond donors (Lipinski definition) is 0. The molecule has 2 atom stereocenters. The third-order valence-electron chi connectivity index (χ3n) is 4.14. The molecule has 0 unspecified atom stereocenters. The predicted octanol–water partition coefficient (Wildman–Crippen LogP) is 0.720. The highest BCUT2D eigenvalue weighted by atomic mass is 16.6. The summed E-state index contributed by atoms with van der Waals surface area (Å²) in [5.41, 5.74) is 0. The fourth-order valence-corrected chi connectivity index (χ4v) is 3.08. The molecule has 3 aliphatic rings. The molecule has 96 valence electrons. The van der Waals surface area contributed by atoms with Gasteiger partial charge in [-0.2, -0.15) is 0 Å². The fraction of sp³-hybridized carbons (Fsp3) is 0.923. The number of hydrogen-bond acceptors (Lipinski definition) is 3. The van der Waals surface area contributed by atoms with Gasteiger partial charge < -0.3 is 9.64 Å². The maximum Gasteiger partial charge on any atom is 0.226 e. The van der Waals surface area contributed by atoms with E-state index >= 15 is 0 Å². The number of rotatable bonds is 3. The van der Waals surface area contributed by atoms with Crippen LogP contribution in [0.4, 0.5) is 0 Å². The number of epoxide rings is 1. The van der Waals surface area contributed by atoms with Crippen molar-refractivity contribution in [2.45, 2.75) is 31.8 Å². The highest BCUT2D eigenvalue weighted by molar-refractivity contribution is 5.79. The summed E-state index contributed by atoms with van der Waals surface area (Å²) >= 11 is 0. The smallest absolute Gasteiger partial charge is 0.226 e. The molecule has 17 heavy (non-hydrogen) atoms. The van der Waals surface area contributed by atoms with Crippen LogP contribution in [-0.4, -0.2) is 61.1 Å². The molecule has 0 aliphatic carbocycles. The second-order valence-corrected chi connectivity index (χ2v) is 5.59. The lowest BCUT2D eigenvalue weighted by Gasteiger charge is -2.33. The van der Waals surface area contributed by atoms with Crippen molar-refractivity contribution < 1.29 is 9.53 Å². The van der Waals surface area contributed by atoms with E-state index in [9.17, 15) is 4.79 Å². The SMILES string of the molecule is O=C([C@@H]1CCCN(C[C@@H]2CO2)C1)N1CCCC1. The molecule has 3 rings (SSSR count). The van der Waals surface area contributed by atoms with Crippen molar-refractivity contribution in [1.82, 2.24) is 9.80 Å². The molecule has 1 amide bonds. The largest absolute Gasteiger partial charge is 0.372 e. The quantitative estimate of drug-likeness (QED) is 0.680. The lowest BCUT2D eigenvalue weighted by atomic mass is 9.96. The van der Waals surface area contributed by atoms with Crippen LogP contribution < -0.4 is 0 Å². The van der Waals surface area contributed by atoms with Gasteiger partial charge in [0, 0.05) is 26.2 Å². The van der Waals surface area contributed by atoms with E-state index in [1.165, 1.54) is 12.8 Å². The monoisotopic (exact) mass is 238 g/mol. The zero-order valence-corrected chi connectivity index (χ0v) is 10.4. The Bertz CT molecular complexity index is 285. The third-order valence-corrected chi connectivity index (χ3v) is 4.14. The number of carbonyl (C=O) groups excluding carboxylic acids is 1. The van der Waals surface area contributed by atoms with Crippen LogP contribution in [0.15, 0.2) is 0 Å². The lowest BCUT2D eigenvalue weighted by Crippen LogP contribution is -2.45. The molecule has 3 heterocycles. The minimum Gasteiger partial charge on any atom is -0.372 e. The highest BCUT2D eigenvalue weighted by Gasteiger charge is 2.33. The second kappa shape index (κ2) is 4.94. The average Bonchev–Trinajstić information content (AvgIpc) is 2.99. The van der Waals surface area contributed by atoms with Crippen molar-refractivity contribution in [3.63, 3.8) is 0 Å². The number of likely N-dealkylation sites (tertiary alicyclic amines) is 2. The molecule has 0 aromatic carbocycles. The van der Waals surface area contributed by atoms with Gasteiger partial charge in [0.25, 0.3) is 0 Å². The summed E-state index contributed by atoms with van der Waals surface area (Å²) in [4.78, 5) is 16.8. The minimum absolute atomic E-state index is 0.251. The van der Waals surface area contributed by atoms with Crippen molar-refractivity contribution >= 4 is 5.91 Å².